The van der Waals surface area contributed by atoms with Crippen LogP contribution in [0.4, 0.5) is 5.69 Å². The minimum absolute atomic E-state index is 0.125. The topological polar surface area (TPSA) is 83.6 Å². The number of nitrogens with two attached hydrogens (primary N) is 1. The van der Waals surface area contributed by atoms with Crippen molar-refractivity contribution in [1.29, 1.82) is 0 Å². The van der Waals surface area contributed by atoms with Crippen LogP contribution in [0.5, 0.6) is 0 Å². The third-order valence-electron chi connectivity index (χ3n) is 2.59. The predicted octanol–water partition coefficient (Wildman–Crippen LogP) is 1.24. The van der Waals surface area contributed by atoms with Crippen molar-refractivity contribution in [3.8, 4) is 0 Å². The smallest absolute Gasteiger partial charge is 0.242 e. The zero-order valence-corrected chi connectivity index (χ0v) is 13.0. The number of rotatable bonds is 6. The summed E-state index contributed by atoms with van der Waals surface area (Å²) in [6.07, 6.45) is 0. The summed E-state index contributed by atoms with van der Waals surface area (Å²) >= 11 is 1.51. The fourth-order valence-corrected chi connectivity index (χ4v) is 3.21. The molecule has 1 rings (SSSR count). The molecule has 0 bridgehead atoms. The number of anilines is 1. The van der Waals surface area contributed by atoms with Gasteiger partial charge in [0.25, 0.3) is 0 Å². The summed E-state index contributed by atoms with van der Waals surface area (Å²) in [4.78, 5) is 1.02. The van der Waals surface area contributed by atoms with Crippen LogP contribution in [0.3, 0.4) is 0 Å². The van der Waals surface area contributed by atoms with Gasteiger partial charge in [-0.05, 0) is 24.1 Å². The van der Waals surface area contributed by atoms with Gasteiger partial charge >= 0.3 is 0 Å². The first-order valence-corrected chi connectivity index (χ1v) is 8.27. The highest BCUT2D eigenvalue weighted by molar-refractivity contribution is 7.99. The lowest BCUT2D eigenvalue weighted by molar-refractivity contribution is 0.250. The Hall–Kier alpha value is -0.760. The Kier molecular flexibility index (Phi) is 5.66. The highest BCUT2D eigenvalue weighted by Gasteiger charge is 2.18. The lowest BCUT2D eigenvalue weighted by Crippen LogP contribution is -2.22. The molecule has 0 fully saturated rings. The number of hydrogen-bond donors (Lipinski definition) is 2. The van der Waals surface area contributed by atoms with Gasteiger partial charge in [-0.1, -0.05) is 6.92 Å². The van der Waals surface area contributed by atoms with E-state index in [4.69, 9.17) is 10.8 Å². The molecule has 3 N–H and O–H groups in total. The molecule has 19 heavy (non-hydrogen) atoms. The summed E-state index contributed by atoms with van der Waals surface area (Å²) in [7, 11) is -0.482. The van der Waals surface area contributed by atoms with Crippen molar-refractivity contribution in [2.75, 3.05) is 32.2 Å². The zero-order chi connectivity index (χ0) is 14.6. The maximum atomic E-state index is 11.9. The van der Waals surface area contributed by atoms with E-state index in [1.807, 2.05) is 6.92 Å². The average molecular weight is 304 g/mol. The van der Waals surface area contributed by atoms with Crippen molar-refractivity contribution in [1.82, 2.24) is 4.31 Å². The molecule has 0 radical (unpaired) electrons. The summed E-state index contributed by atoms with van der Waals surface area (Å²) in [5.74, 6) is 0.912. The van der Waals surface area contributed by atoms with Crippen LogP contribution in [-0.4, -0.2) is 44.3 Å². The van der Waals surface area contributed by atoms with Crippen molar-refractivity contribution in [2.24, 2.45) is 5.92 Å². The first-order valence-electron chi connectivity index (χ1n) is 5.84. The average Bonchev–Trinajstić information content (AvgIpc) is 2.36. The van der Waals surface area contributed by atoms with Crippen LogP contribution < -0.4 is 5.73 Å². The van der Waals surface area contributed by atoms with Gasteiger partial charge in [-0.15, -0.1) is 11.8 Å². The fraction of sp³-hybridized carbons (Fsp3) is 0.500. The Morgan fingerprint density at radius 1 is 1.42 bits per heavy atom. The Morgan fingerprint density at radius 2 is 2.05 bits per heavy atom. The first kappa shape index (κ1) is 16.3. The van der Waals surface area contributed by atoms with Gasteiger partial charge < -0.3 is 10.8 Å². The van der Waals surface area contributed by atoms with E-state index in [1.54, 1.807) is 12.1 Å². The monoisotopic (exact) mass is 304 g/mol. The predicted molar refractivity (Wildman–Crippen MR) is 78.7 cm³/mol. The second-order valence-corrected chi connectivity index (χ2v) is 7.80. The molecule has 7 heteroatoms. The second kappa shape index (κ2) is 6.60. The molecule has 0 saturated heterocycles. The van der Waals surface area contributed by atoms with E-state index < -0.39 is 10.0 Å². The van der Waals surface area contributed by atoms with Crippen LogP contribution in [0.2, 0.25) is 0 Å². The number of benzene rings is 1. The molecule has 0 aliphatic heterocycles. The van der Waals surface area contributed by atoms with Crippen LogP contribution in [0.25, 0.3) is 0 Å². The van der Waals surface area contributed by atoms with Crippen LogP contribution in [0, 0.1) is 5.92 Å². The Balaban J connectivity index is 2.92. The molecule has 0 spiro atoms. The summed E-state index contributed by atoms with van der Waals surface area (Å²) in [6, 6.07) is 4.74. The first-order chi connectivity index (χ1) is 8.78. The van der Waals surface area contributed by atoms with Crippen molar-refractivity contribution in [3.63, 3.8) is 0 Å². The number of thioether (sulfide) groups is 1. The molecule has 0 amide bonds. The van der Waals surface area contributed by atoms with Crippen LogP contribution in [0.1, 0.15) is 6.92 Å². The maximum absolute atomic E-state index is 11.9. The summed E-state index contributed by atoms with van der Waals surface area (Å²) in [5.41, 5.74) is 6.32. The quantitative estimate of drug-likeness (QED) is 0.610. The van der Waals surface area contributed by atoms with Crippen molar-refractivity contribution in [2.45, 2.75) is 16.7 Å². The van der Waals surface area contributed by atoms with Crippen LogP contribution in [-0.2, 0) is 10.0 Å². The SMILES string of the molecule is CC(CO)CSc1ccc(S(=O)(=O)N(C)C)cc1N. The van der Waals surface area contributed by atoms with Crippen molar-refractivity contribution in [3.05, 3.63) is 18.2 Å². The van der Waals surface area contributed by atoms with Crippen molar-refractivity contribution >= 4 is 27.5 Å². The number of aliphatic hydroxyl groups excluding tert-OH is 1. The molecule has 108 valence electrons. The van der Waals surface area contributed by atoms with E-state index >= 15 is 0 Å². The number of sulfonamides is 1. The van der Waals surface area contributed by atoms with Crippen LogP contribution >= 0.6 is 11.8 Å². The molecule has 1 aromatic rings. The molecule has 0 aromatic heterocycles. The summed E-state index contributed by atoms with van der Waals surface area (Å²) < 4.78 is 25.0. The van der Waals surface area contributed by atoms with E-state index in [-0.39, 0.29) is 17.4 Å². The van der Waals surface area contributed by atoms with E-state index in [2.05, 4.69) is 0 Å². The molecule has 5 nitrogen and oxygen atoms in total. The summed E-state index contributed by atoms with van der Waals surface area (Å²) in [6.45, 7) is 2.06. The second-order valence-electron chi connectivity index (χ2n) is 4.59. The maximum Gasteiger partial charge on any atom is 0.242 e. The molecule has 1 unspecified atom stereocenters. The molecular weight excluding hydrogens is 284 g/mol. The lowest BCUT2D eigenvalue weighted by atomic mass is 10.2. The molecule has 0 heterocycles. The van der Waals surface area contributed by atoms with E-state index in [1.165, 1.54) is 31.9 Å². The number of nitrogens with zero attached hydrogens (tertiary/aromatic N) is 1. The summed E-state index contributed by atoms with van der Waals surface area (Å²) in [5, 5.41) is 8.96. The molecule has 0 aliphatic carbocycles. The minimum Gasteiger partial charge on any atom is -0.398 e. The standard InChI is InChI=1S/C12H20N2O3S2/c1-9(7-15)8-18-12-5-4-10(6-11(12)13)19(16,17)14(2)3/h4-6,9,15H,7-8,13H2,1-3H3. The lowest BCUT2D eigenvalue weighted by Gasteiger charge is -2.14. The van der Waals surface area contributed by atoms with E-state index in [0.29, 0.717) is 5.69 Å². The van der Waals surface area contributed by atoms with Gasteiger partial charge in [-0.2, -0.15) is 0 Å². The Bertz CT molecular complexity index is 530. The third-order valence-corrected chi connectivity index (χ3v) is 5.82. The molecule has 0 aliphatic rings. The van der Waals surface area contributed by atoms with Gasteiger partial charge in [0.1, 0.15) is 0 Å². The Morgan fingerprint density at radius 3 is 2.53 bits per heavy atom. The van der Waals surface area contributed by atoms with Gasteiger partial charge in [0, 0.05) is 37.0 Å². The number of hydrogen-bond acceptors (Lipinski definition) is 5. The molecule has 1 atom stereocenters. The minimum atomic E-state index is -3.45. The highest BCUT2D eigenvalue weighted by Crippen LogP contribution is 2.29. The highest BCUT2D eigenvalue weighted by atomic mass is 32.2. The molecule has 1 aromatic carbocycles. The number of aliphatic hydroxyl groups is 1. The van der Waals surface area contributed by atoms with Gasteiger partial charge in [0.2, 0.25) is 10.0 Å². The largest absolute Gasteiger partial charge is 0.398 e. The van der Waals surface area contributed by atoms with Crippen molar-refractivity contribution < 1.29 is 13.5 Å². The van der Waals surface area contributed by atoms with E-state index in [0.717, 1.165) is 15.0 Å². The van der Waals surface area contributed by atoms with Crippen LogP contribution in [0.15, 0.2) is 28.0 Å². The van der Waals surface area contributed by atoms with Gasteiger partial charge in [0.15, 0.2) is 0 Å². The number of nitrogen functional groups attached to an aromatic ring is 1. The van der Waals surface area contributed by atoms with E-state index in [9.17, 15) is 8.42 Å². The van der Waals surface area contributed by atoms with Gasteiger partial charge in [0.05, 0.1) is 4.90 Å². The normalized spacial score (nSPS) is 13.7. The molecule has 0 saturated carbocycles. The molecular formula is C12H20N2O3S2. The van der Waals surface area contributed by atoms with Gasteiger partial charge in [-0.3, -0.25) is 0 Å². The van der Waals surface area contributed by atoms with Gasteiger partial charge in [-0.25, -0.2) is 12.7 Å². The zero-order valence-electron chi connectivity index (χ0n) is 11.3. The fourth-order valence-electron chi connectivity index (χ4n) is 1.31. The third kappa shape index (κ3) is 4.10. The Labute approximate surface area is 118 Å².